The molecule has 0 radical (unpaired) electrons. The summed E-state index contributed by atoms with van der Waals surface area (Å²) in [5.74, 6) is 0.325. The molecule has 1 aromatic carbocycles. The van der Waals surface area contributed by atoms with E-state index in [-0.39, 0.29) is 12.5 Å². The van der Waals surface area contributed by atoms with Gasteiger partial charge in [0.25, 0.3) is 0 Å². The Morgan fingerprint density at radius 2 is 2.11 bits per heavy atom. The summed E-state index contributed by atoms with van der Waals surface area (Å²) < 4.78 is 5.34. The molecule has 0 saturated carbocycles. The lowest BCUT2D eigenvalue weighted by atomic mass is 9.96. The van der Waals surface area contributed by atoms with Crippen LogP contribution in [0.4, 0.5) is 0 Å². The van der Waals surface area contributed by atoms with Crippen molar-refractivity contribution in [3.63, 3.8) is 0 Å². The fraction of sp³-hybridized carbons (Fsp3) is 0.500. The van der Waals surface area contributed by atoms with Crippen molar-refractivity contribution in [3.8, 4) is 5.75 Å². The summed E-state index contributed by atoms with van der Waals surface area (Å²) in [6, 6.07) is 5.61. The van der Waals surface area contributed by atoms with Crippen molar-refractivity contribution in [1.82, 2.24) is 0 Å². The van der Waals surface area contributed by atoms with E-state index in [2.05, 4.69) is 13.8 Å². The van der Waals surface area contributed by atoms with Crippen molar-refractivity contribution in [1.29, 1.82) is 0 Å². The molecule has 0 bridgehead atoms. The summed E-state index contributed by atoms with van der Waals surface area (Å²) in [5, 5.41) is 8.67. The van der Waals surface area contributed by atoms with Crippen LogP contribution in [0.1, 0.15) is 49.8 Å². The summed E-state index contributed by atoms with van der Waals surface area (Å²) in [6.45, 7) is 4.22. The van der Waals surface area contributed by atoms with Crippen molar-refractivity contribution in [2.45, 2.75) is 38.6 Å². The fourth-order valence-corrected chi connectivity index (χ4v) is 1.83. The predicted molar refractivity (Wildman–Crippen MR) is 70.9 cm³/mol. The minimum absolute atomic E-state index is 0.0657. The van der Waals surface area contributed by atoms with E-state index >= 15 is 0 Å². The van der Waals surface area contributed by atoms with E-state index in [1.54, 1.807) is 7.11 Å². The van der Waals surface area contributed by atoms with Crippen molar-refractivity contribution < 1.29 is 14.6 Å². The third-order valence-corrected chi connectivity index (χ3v) is 2.99. The van der Waals surface area contributed by atoms with Crippen molar-refractivity contribution in [2.75, 3.05) is 7.11 Å². The largest absolute Gasteiger partial charge is 0.496 e. The third kappa shape index (κ3) is 3.74. The van der Waals surface area contributed by atoms with Crippen LogP contribution in [-0.4, -0.2) is 18.2 Å². The molecule has 1 rings (SSSR count). The topological polar surface area (TPSA) is 72.5 Å². The maximum absolute atomic E-state index is 10.5. The van der Waals surface area contributed by atoms with Gasteiger partial charge >= 0.3 is 5.97 Å². The van der Waals surface area contributed by atoms with Gasteiger partial charge in [0.15, 0.2) is 0 Å². The number of nitrogens with two attached hydrogens (primary N) is 1. The molecule has 4 heteroatoms. The van der Waals surface area contributed by atoms with Crippen molar-refractivity contribution in [3.05, 3.63) is 29.3 Å². The zero-order chi connectivity index (χ0) is 13.7. The summed E-state index contributed by atoms with van der Waals surface area (Å²) in [4.78, 5) is 10.5. The van der Waals surface area contributed by atoms with Gasteiger partial charge < -0.3 is 15.6 Å². The van der Waals surface area contributed by atoms with Gasteiger partial charge in [-0.15, -0.1) is 0 Å². The minimum Gasteiger partial charge on any atom is -0.496 e. The Morgan fingerprint density at radius 3 is 2.61 bits per heavy atom. The number of carbonyl (C=O) groups is 1. The number of benzene rings is 1. The SMILES string of the molecule is COc1cc(C(C)C)ccc1C(N)CCC(=O)O. The van der Waals surface area contributed by atoms with Gasteiger partial charge in [-0.3, -0.25) is 4.79 Å². The standard InChI is InChI=1S/C14H21NO3/c1-9(2)10-4-5-11(13(8-10)18-3)12(15)6-7-14(16)17/h4-5,8-9,12H,6-7,15H2,1-3H3,(H,16,17). The van der Waals surface area contributed by atoms with Gasteiger partial charge in [-0.05, 0) is 24.0 Å². The Hall–Kier alpha value is -1.55. The van der Waals surface area contributed by atoms with Crippen LogP contribution in [0.5, 0.6) is 5.75 Å². The Morgan fingerprint density at radius 1 is 1.44 bits per heavy atom. The Balaban J connectivity index is 2.90. The fourth-order valence-electron chi connectivity index (χ4n) is 1.83. The van der Waals surface area contributed by atoms with E-state index in [0.29, 0.717) is 12.3 Å². The Labute approximate surface area is 108 Å². The van der Waals surface area contributed by atoms with E-state index < -0.39 is 5.97 Å². The highest BCUT2D eigenvalue weighted by atomic mass is 16.5. The molecule has 1 unspecified atom stereocenters. The highest BCUT2D eigenvalue weighted by Crippen LogP contribution is 2.30. The van der Waals surface area contributed by atoms with E-state index in [4.69, 9.17) is 15.6 Å². The molecule has 18 heavy (non-hydrogen) atoms. The third-order valence-electron chi connectivity index (χ3n) is 2.99. The van der Waals surface area contributed by atoms with Crippen LogP contribution in [0.2, 0.25) is 0 Å². The maximum atomic E-state index is 10.5. The maximum Gasteiger partial charge on any atom is 0.303 e. The molecule has 0 aliphatic carbocycles. The average Bonchev–Trinajstić information content (AvgIpc) is 2.34. The zero-order valence-electron chi connectivity index (χ0n) is 11.1. The summed E-state index contributed by atoms with van der Waals surface area (Å²) >= 11 is 0. The molecule has 0 spiro atoms. The van der Waals surface area contributed by atoms with Gasteiger partial charge in [0.05, 0.1) is 7.11 Å². The Kier molecular flexibility index (Phi) is 5.16. The van der Waals surface area contributed by atoms with Crippen molar-refractivity contribution >= 4 is 5.97 Å². The quantitative estimate of drug-likeness (QED) is 0.815. The first-order valence-electron chi connectivity index (χ1n) is 6.11. The summed E-state index contributed by atoms with van der Waals surface area (Å²) in [5.41, 5.74) is 8.05. The van der Waals surface area contributed by atoms with Crippen LogP contribution in [0.15, 0.2) is 18.2 Å². The number of aliphatic carboxylic acids is 1. The molecular weight excluding hydrogens is 230 g/mol. The lowest BCUT2D eigenvalue weighted by Crippen LogP contribution is -2.13. The number of ether oxygens (including phenoxy) is 1. The van der Waals surface area contributed by atoms with Crippen LogP contribution < -0.4 is 10.5 Å². The summed E-state index contributed by atoms with van der Waals surface area (Å²) in [6.07, 6.45) is 0.475. The monoisotopic (exact) mass is 251 g/mol. The lowest BCUT2D eigenvalue weighted by Gasteiger charge is -2.17. The van der Waals surface area contributed by atoms with Crippen molar-refractivity contribution in [2.24, 2.45) is 5.73 Å². The number of hydrogen-bond acceptors (Lipinski definition) is 3. The second-order valence-electron chi connectivity index (χ2n) is 4.69. The smallest absolute Gasteiger partial charge is 0.303 e. The van der Waals surface area contributed by atoms with Crippen LogP contribution in [-0.2, 0) is 4.79 Å². The molecule has 0 fully saturated rings. The molecular formula is C14H21NO3. The number of hydrogen-bond donors (Lipinski definition) is 2. The zero-order valence-corrected chi connectivity index (χ0v) is 11.1. The molecule has 0 aliphatic heterocycles. The number of carboxylic acid groups (broad SMARTS) is 1. The minimum atomic E-state index is -0.830. The molecule has 0 aromatic heterocycles. The second-order valence-corrected chi connectivity index (χ2v) is 4.69. The van der Waals surface area contributed by atoms with Gasteiger partial charge in [-0.2, -0.15) is 0 Å². The predicted octanol–water partition coefficient (Wildman–Crippen LogP) is 2.68. The van der Waals surface area contributed by atoms with E-state index in [1.807, 2.05) is 18.2 Å². The molecule has 4 nitrogen and oxygen atoms in total. The van der Waals surface area contributed by atoms with Gasteiger partial charge in [0.2, 0.25) is 0 Å². The van der Waals surface area contributed by atoms with Crippen LogP contribution >= 0.6 is 0 Å². The normalized spacial score (nSPS) is 12.5. The van der Waals surface area contributed by atoms with E-state index in [9.17, 15) is 4.79 Å². The van der Waals surface area contributed by atoms with Crippen LogP contribution in [0.25, 0.3) is 0 Å². The Bertz CT molecular complexity index is 416. The number of rotatable bonds is 6. The number of carboxylic acids is 1. The lowest BCUT2D eigenvalue weighted by molar-refractivity contribution is -0.137. The van der Waals surface area contributed by atoms with Gasteiger partial charge in [-0.25, -0.2) is 0 Å². The number of methoxy groups -OCH3 is 1. The van der Waals surface area contributed by atoms with E-state index in [1.165, 1.54) is 5.56 Å². The van der Waals surface area contributed by atoms with Gasteiger partial charge in [0.1, 0.15) is 5.75 Å². The van der Waals surface area contributed by atoms with Gasteiger partial charge in [-0.1, -0.05) is 26.0 Å². The molecule has 0 aliphatic rings. The first kappa shape index (κ1) is 14.5. The first-order chi connectivity index (χ1) is 8.45. The first-order valence-corrected chi connectivity index (χ1v) is 6.11. The molecule has 0 heterocycles. The molecule has 0 saturated heterocycles. The molecule has 0 amide bonds. The molecule has 1 atom stereocenters. The van der Waals surface area contributed by atoms with Gasteiger partial charge in [0, 0.05) is 18.0 Å². The molecule has 100 valence electrons. The highest BCUT2D eigenvalue weighted by molar-refractivity contribution is 5.66. The highest BCUT2D eigenvalue weighted by Gasteiger charge is 2.14. The second kappa shape index (κ2) is 6.40. The molecule has 3 N–H and O–H groups in total. The average molecular weight is 251 g/mol. The summed E-state index contributed by atoms with van der Waals surface area (Å²) in [7, 11) is 1.60. The molecule has 1 aromatic rings. The van der Waals surface area contributed by atoms with Crippen LogP contribution in [0, 0.1) is 0 Å². The van der Waals surface area contributed by atoms with Crippen LogP contribution in [0.3, 0.4) is 0 Å². The van der Waals surface area contributed by atoms with E-state index in [0.717, 1.165) is 11.3 Å².